The van der Waals surface area contributed by atoms with Crippen molar-refractivity contribution in [1.29, 1.82) is 0 Å². The summed E-state index contributed by atoms with van der Waals surface area (Å²) >= 11 is 0. The first-order valence-corrected chi connectivity index (χ1v) is 6.04. The lowest BCUT2D eigenvalue weighted by atomic mass is 10.0. The number of Topliss-reactive ketones (excluding diaryl/α,β-unsaturated/α-hetero) is 1. The lowest BCUT2D eigenvalue weighted by Gasteiger charge is -2.21. The van der Waals surface area contributed by atoms with Crippen LogP contribution in [0.2, 0.25) is 0 Å². The van der Waals surface area contributed by atoms with Crippen molar-refractivity contribution in [3.05, 3.63) is 29.6 Å². The van der Waals surface area contributed by atoms with Crippen molar-refractivity contribution >= 4 is 11.5 Å². The Hall–Kier alpha value is -1.38. The Bertz CT molecular complexity index is 434. The molecule has 0 amide bonds. The molecule has 0 N–H and O–H groups in total. The summed E-state index contributed by atoms with van der Waals surface area (Å²) in [7, 11) is 0. The van der Waals surface area contributed by atoms with Gasteiger partial charge in [0.2, 0.25) is 0 Å². The van der Waals surface area contributed by atoms with Gasteiger partial charge in [-0.2, -0.15) is 0 Å². The first-order valence-electron chi connectivity index (χ1n) is 6.04. The third kappa shape index (κ3) is 2.33. The highest BCUT2D eigenvalue weighted by molar-refractivity contribution is 5.99. The molecule has 17 heavy (non-hydrogen) atoms. The van der Waals surface area contributed by atoms with Crippen LogP contribution < -0.4 is 4.90 Å². The van der Waals surface area contributed by atoms with E-state index in [2.05, 4.69) is 18.7 Å². The van der Waals surface area contributed by atoms with Gasteiger partial charge in [0.1, 0.15) is 5.82 Å². The molecule has 2 atom stereocenters. The number of hydrogen-bond donors (Lipinski definition) is 0. The second-order valence-corrected chi connectivity index (χ2v) is 5.08. The molecule has 2 unspecified atom stereocenters. The topological polar surface area (TPSA) is 20.3 Å². The van der Waals surface area contributed by atoms with Crippen LogP contribution in [0.4, 0.5) is 10.1 Å². The molecule has 2 rings (SSSR count). The van der Waals surface area contributed by atoms with Crippen LogP contribution in [0.25, 0.3) is 0 Å². The average molecular weight is 235 g/mol. The molecule has 1 saturated heterocycles. The van der Waals surface area contributed by atoms with Crippen molar-refractivity contribution in [2.45, 2.75) is 20.8 Å². The maximum absolute atomic E-state index is 13.2. The summed E-state index contributed by atoms with van der Waals surface area (Å²) in [5.74, 6) is 0.797. The molecule has 2 nitrogen and oxygen atoms in total. The number of rotatable bonds is 2. The number of benzene rings is 1. The standard InChI is InChI=1S/C14H18FNO/c1-9-7-16(8-10(9)2)14-5-4-12(15)6-13(14)11(3)17/h4-6,9-10H,7-8H2,1-3H3. The first-order chi connectivity index (χ1) is 7.99. The van der Waals surface area contributed by atoms with Gasteiger partial charge in [0, 0.05) is 24.3 Å². The SMILES string of the molecule is CC(=O)c1cc(F)ccc1N1CC(C)C(C)C1. The minimum atomic E-state index is -0.348. The maximum Gasteiger partial charge on any atom is 0.161 e. The highest BCUT2D eigenvalue weighted by Crippen LogP contribution is 2.30. The van der Waals surface area contributed by atoms with E-state index in [1.165, 1.54) is 19.1 Å². The quantitative estimate of drug-likeness (QED) is 0.734. The van der Waals surface area contributed by atoms with Gasteiger partial charge in [-0.3, -0.25) is 4.79 Å². The number of carbonyl (C=O) groups is 1. The molecule has 1 aliphatic heterocycles. The number of carbonyl (C=O) groups excluding carboxylic acids is 1. The predicted octanol–water partition coefficient (Wildman–Crippen LogP) is 3.12. The van der Waals surface area contributed by atoms with E-state index in [-0.39, 0.29) is 11.6 Å². The van der Waals surface area contributed by atoms with E-state index in [0.717, 1.165) is 18.8 Å². The number of anilines is 1. The molecule has 1 aliphatic rings. The zero-order valence-corrected chi connectivity index (χ0v) is 10.5. The van der Waals surface area contributed by atoms with E-state index in [1.54, 1.807) is 6.07 Å². The third-order valence-electron chi connectivity index (χ3n) is 3.67. The molecule has 1 heterocycles. The third-order valence-corrected chi connectivity index (χ3v) is 3.67. The normalized spacial score (nSPS) is 24.1. The van der Waals surface area contributed by atoms with Gasteiger partial charge in [-0.25, -0.2) is 4.39 Å². The second-order valence-electron chi connectivity index (χ2n) is 5.08. The van der Waals surface area contributed by atoms with Gasteiger partial charge in [0.25, 0.3) is 0 Å². The van der Waals surface area contributed by atoms with Crippen LogP contribution in [0.15, 0.2) is 18.2 Å². The molecule has 1 aromatic carbocycles. The van der Waals surface area contributed by atoms with Gasteiger partial charge in [0.15, 0.2) is 5.78 Å². The van der Waals surface area contributed by atoms with Crippen molar-refractivity contribution < 1.29 is 9.18 Å². The fraction of sp³-hybridized carbons (Fsp3) is 0.500. The van der Waals surface area contributed by atoms with Crippen LogP contribution in [0.3, 0.4) is 0 Å². The lowest BCUT2D eigenvalue weighted by molar-refractivity contribution is 0.101. The fourth-order valence-corrected chi connectivity index (χ4v) is 2.39. The average Bonchev–Trinajstić information content (AvgIpc) is 2.59. The van der Waals surface area contributed by atoms with Gasteiger partial charge in [-0.15, -0.1) is 0 Å². The molecule has 3 heteroatoms. The van der Waals surface area contributed by atoms with E-state index in [4.69, 9.17) is 0 Å². The number of halogens is 1. The molecular formula is C14H18FNO. The van der Waals surface area contributed by atoms with Crippen LogP contribution in [0.1, 0.15) is 31.1 Å². The Labute approximate surface area is 101 Å². The van der Waals surface area contributed by atoms with E-state index in [1.807, 2.05) is 0 Å². The molecule has 0 bridgehead atoms. The Morgan fingerprint density at radius 1 is 1.29 bits per heavy atom. The first kappa shape index (κ1) is 12.1. The van der Waals surface area contributed by atoms with Gasteiger partial charge >= 0.3 is 0 Å². The highest BCUT2D eigenvalue weighted by Gasteiger charge is 2.28. The summed E-state index contributed by atoms with van der Waals surface area (Å²) in [5, 5.41) is 0. The van der Waals surface area contributed by atoms with Crippen LogP contribution in [-0.4, -0.2) is 18.9 Å². The maximum atomic E-state index is 13.2. The fourth-order valence-electron chi connectivity index (χ4n) is 2.39. The Morgan fingerprint density at radius 3 is 2.41 bits per heavy atom. The van der Waals surface area contributed by atoms with Crippen molar-refractivity contribution in [2.75, 3.05) is 18.0 Å². The van der Waals surface area contributed by atoms with Gasteiger partial charge in [-0.05, 0) is 37.0 Å². The summed E-state index contributed by atoms with van der Waals surface area (Å²) in [6, 6.07) is 4.48. The number of nitrogens with zero attached hydrogens (tertiary/aromatic N) is 1. The largest absolute Gasteiger partial charge is 0.370 e. The van der Waals surface area contributed by atoms with Crippen LogP contribution >= 0.6 is 0 Å². The number of hydrogen-bond acceptors (Lipinski definition) is 2. The molecule has 0 aromatic heterocycles. The van der Waals surface area contributed by atoms with Crippen LogP contribution in [0, 0.1) is 17.7 Å². The molecule has 0 saturated carbocycles. The van der Waals surface area contributed by atoms with E-state index < -0.39 is 0 Å². The predicted molar refractivity (Wildman–Crippen MR) is 66.9 cm³/mol. The Morgan fingerprint density at radius 2 is 1.88 bits per heavy atom. The minimum Gasteiger partial charge on any atom is -0.370 e. The Kier molecular flexibility index (Phi) is 3.18. The molecule has 0 spiro atoms. The van der Waals surface area contributed by atoms with E-state index >= 15 is 0 Å². The Balaban J connectivity index is 2.36. The summed E-state index contributed by atoms with van der Waals surface area (Å²) in [4.78, 5) is 13.7. The molecule has 92 valence electrons. The summed E-state index contributed by atoms with van der Waals surface area (Å²) in [6.45, 7) is 7.78. The van der Waals surface area contributed by atoms with E-state index in [0.29, 0.717) is 17.4 Å². The molecule has 1 aromatic rings. The highest BCUT2D eigenvalue weighted by atomic mass is 19.1. The molecule has 0 aliphatic carbocycles. The van der Waals surface area contributed by atoms with Gasteiger partial charge < -0.3 is 4.90 Å². The zero-order valence-electron chi connectivity index (χ0n) is 10.5. The summed E-state index contributed by atoms with van der Waals surface area (Å²) in [5.41, 5.74) is 1.36. The van der Waals surface area contributed by atoms with Crippen LogP contribution in [0.5, 0.6) is 0 Å². The van der Waals surface area contributed by atoms with Gasteiger partial charge in [0.05, 0.1) is 0 Å². The van der Waals surface area contributed by atoms with Crippen molar-refractivity contribution in [3.63, 3.8) is 0 Å². The van der Waals surface area contributed by atoms with Crippen molar-refractivity contribution in [2.24, 2.45) is 11.8 Å². The number of ketones is 1. The molecule has 0 radical (unpaired) electrons. The van der Waals surface area contributed by atoms with Crippen molar-refractivity contribution in [1.82, 2.24) is 0 Å². The lowest BCUT2D eigenvalue weighted by Crippen LogP contribution is -2.22. The summed E-state index contributed by atoms with van der Waals surface area (Å²) < 4.78 is 13.2. The smallest absolute Gasteiger partial charge is 0.161 e. The van der Waals surface area contributed by atoms with Crippen LogP contribution in [-0.2, 0) is 0 Å². The molecule has 1 fully saturated rings. The van der Waals surface area contributed by atoms with E-state index in [9.17, 15) is 9.18 Å². The van der Waals surface area contributed by atoms with Gasteiger partial charge in [-0.1, -0.05) is 13.8 Å². The second kappa shape index (κ2) is 4.47. The summed E-state index contributed by atoms with van der Waals surface area (Å²) in [6.07, 6.45) is 0. The zero-order chi connectivity index (χ0) is 12.6. The molecular weight excluding hydrogens is 217 g/mol. The monoisotopic (exact) mass is 235 g/mol. The van der Waals surface area contributed by atoms with Crippen molar-refractivity contribution in [3.8, 4) is 0 Å². The minimum absolute atomic E-state index is 0.0771.